The van der Waals surface area contributed by atoms with E-state index in [1.54, 1.807) is 7.11 Å². The van der Waals surface area contributed by atoms with E-state index in [1.807, 2.05) is 30.0 Å². The van der Waals surface area contributed by atoms with Crippen molar-refractivity contribution in [2.45, 2.75) is 45.2 Å². The fourth-order valence-electron chi connectivity index (χ4n) is 3.01. The summed E-state index contributed by atoms with van der Waals surface area (Å²) in [6.07, 6.45) is 3.16. The summed E-state index contributed by atoms with van der Waals surface area (Å²) in [5.74, 6) is 0.669. The van der Waals surface area contributed by atoms with Crippen LogP contribution in [-0.4, -0.2) is 36.5 Å². The minimum Gasteiger partial charge on any atom is -0.496 e. The molecule has 110 valence electrons. The summed E-state index contributed by atoms with van der Waals surface area (Å²) in [6, 6.07) is 6.08. The van der Waals surface area contributed by atoms with E-state index in [0.29, 0.717) is 17.9 Å². The molecule has 2 rings (SSSR count). The molecule has 4 heteroatoms. The molecule has 0 bridgehead atoms. The molecule has 1 heterocycles. The number of likely N-dealkylation sites (tertiary alicyclic amines) is 1. The summed E-state index contributed by atoms with van der Waals surface area (Å²) in [4.78, 5) is 14.8. The molecule has 0 radical (unpaired) electrons. The van der Waals surface area contributed by atoms with Crippen molar-refractivity contribution < 1.29 is 9.53 Å². The molecular formula is C16H24N2O2. The molecule has 1 aliphatic rings. The van der Waals surface area contributed by atoms with Crippen molar-refractivity contribution in [1.29, 1.82) is 0 Å². The summed E-state index contributed by atoms with van der Waals surface area (Å²) < 4.78 is 5.34. The number of methoxy groups -OCH3 is 1. The lowest BCUT2D eigenvalue weighted by Crippen LogP contribution is -2.51. The van der Waals surface area contributed by atoms with Gasteiger partial charge in [0.25, 0.3) is 5.91 Å². The first-order valence-electron chi connectivity index (χ1n) is 7.25. The molecular weight excluding hydrogens is 252 g/mol. The molecule has 0 aliphatic carbocycles. The van der Waals surface area contributed by atoms with Crippen molar-refractivity contribution >= 4 is 5.91 Å². The second-order valence-electron chi connectivity index (χ2n) is 5.59. The zero-order chi connectivity index (χ0) is 14.7. The highest BCUT2D eigenvalue weighted by molar-refractivity contribution is 5.97. The Labute approximate surface area is 120 Å². The van der Waals surface area contributed by atoms with Gasteiger partial charge in [-0.25, -0.2) is 0 Å². The number of carbonyl (C=O) groups is 1. The summed E-state index contributed by atoms with van der Waals surface area (Å²) in [5.41, 5.74) is 7.54. The molecule has 2 unspecified atom stereocenters. The Morgan fingerprint density at radius 3 is 2.85 bits per heavy atom. The van der Waals surface area contributed by atoms with Crippen molar-refractivity contribution in [3.63, 3.8) is 0 Å². The van der Waals surface area contributed by atoms with E-state index in [2.05, 4.69) is 6.92 Å². The zero-order valence-corrected chi connectivity index (χ0v) is 12.6. The fourth-order valence-corrected chi connectivity index (χ4v) is 3.01. The van der Waals surface area contributed by atoms with Crippen molar-refractivity contribution in [3.8, 4) is 5.75 Å². The zero-order valence-electron chi connectivity index (χ0n) is 12.6. The SMILES string of the molecule is COc1ccc(C)cc1C(=O)N1C(C)CCCC1CN. The maximum atomic E-state index is 12.9. The lowest BCUT2D eigenvalue weighted by atomic mass is 9.95. The Bertz CT molecular complexity index is 487. The van der Waals surface area contributed by atoms with Crippen molar-refractivity contribution in [2.24, 2.45) is 5.73 Å². The third kappa shape index (κ3) is 2.80. The second kappa shape index (κ2) is 6.27. The minimum absolute atomic E-state index is 0.0354. The monoisotopic (exact) mass is 276 g/mol. The normalized spacial score (nSPS) is 22.7. The van der Waals surface area contributed by atoms with Gasteiger partial charge in [0.1, 0.15) is 5.75 Å². The average molecular weight is 276 g/mol. The highest BCUT2D eigenvalue weighted by Gasteiger charge is 2.32. The van der Waals surface area contributed by atoms with Crippen LogP contribution < -0.4 is 10.5 Å². The van der Waals surface area contributed by atoms with Gasteiger partial charge < -0.3 is 15.4 Å². The molecule has 1 aromatic carbocycles. The number of hydrogen-bond donors (Lipinski definition) is 1. The molecule has 4 nitrogen and oxygen atoms in total. The van der Waals surface area contributed by atoms with Gasteiger partial charge in [0.05, 0.1) is 12.7 Å². The fraction of sp³-hybridized carbons (Fsp3) is 0.562. The van der Waals surface area contributed by atoms with Crippen LogP contribution in [0.4, 0.5) is 0 Å². The first-order chi connectivity index (χ1) is 9.58. The van der Waals surface area contributed by atoms with Gasteiger partial charge in [-0.3, -0.25) is 4.79 Å². The molecule has 1 fully saturated rings. The van der Waals surface area contributed by atoms with Gasteiger partial charge >= 0.3 is 0 Å². The Morgan fingerprint density at radius 2 is 2.20 bits per heavy atom. The number of nitrogens with two attached hydrogens (primary N) is 1. The van der Waals surface area contributed by atoms with E-state index in [9.17, 15) is 4.79 Å². The van der Waals surface area contributed by atoms with Gasteiger partial charge in [-0.15, -0.1) is 0 Å². The maximum Gasteiger partial charge on any atom is 0.258 e. The van der Waals surface area contributed by atoms with Crippen LogP contribution in [0.1, 0.15) is 42.1 Å². The Balaban J connectivity index is 2.36. The Hall–Kier alpha value is -1.55. The third-order valence-electron chi connectivity index (χ3n) is 4.12. The highest BCUT2D eigenvalue weighted by Crippen LogP contribution is 2.28. The van der Waals surface area contributed by atoms with Crippen LogP contribution >= 0.6 is 0 Å². The van der Waals surface area contributed by atoms with E-state index in [0.717, 1.165) is 24.8 Å². The van der Waals surface area contributed by atoms with Crippen LogP contribution in [0.3, 0.4) is 0 Å². The van der Waals surface area contributed by atoms with Crippen LogP contribution in [0.5, 0.6) is 5.75 Å². The predicted molar refractivity (Wildman–Crippen MR) is 80.1 cm³/mol. The number of amides is 1. The van der Waals surface area contributed by atoms with Crippen molar-refractivity contribution in [3.05, 3.63) is 29.3 Å². The Kier molecular flexibility index (Phi) is 4.65. The molecule has 20 heavy (non-hydrogen) atoms. The molecule has 0 aromatic heterocycles. The van der Waals surface area contributed by atoms with Crippen LogP contribution in [0.25, 0.3) is 0 Å². The number of ether oxygens (including phenoxy) is 1. The maximum absolute atomic E-state index is 12.9. The van der Waals surface area contributed by atoms with Crippen LogP contribution in [0.2, 0.25) is 0 Å². The number of carbonyl (C=O) groups excluding carboxylic acids is 1. The third-order valence-corrected chi connectivity index (χ3v) is 4.12. The molecule has 0 saturated carbocycles. The van der Waals surface area contributed by atoms with Gasteiger partial charge in [0.15, 0.2) is 0 Å². The largest absolute Gasteiger partial charge is 0.496 e. The lowest BCUT2D eigenvalue weighted by Gasteiger charge is -2.40. The number of rotatable bonds is 3. The van der Waals surface area contributed by atoms with Gasteiger partial charge in [-0.1, -0.05) is 11.6 Å². The predicted octanol–water partition coefficient (Wildman–Crippen LogP) is 2.35. The Morgan fingerprint density at radius 1 is 1.45 bits per heavy atom. The minimum atomic E-state index is 0.0354. The summed E-state index contributed by atoms with van der Waals surface area (Å²) in [7, 11) is 1.60. The molecule has 2 atom stereocenters. The van der Waals surface area contributed by atoms with E-state index in [1.165, 1.54) is 0 Å². The summed E-state index contributed by atoms with van der Waals surface area (Å²) in [6.45, 7) is 4.60. The lowest BCUT2D eigenvalue weighted by molar-refractivity contribution is 0.0491. The molecule has 0 spiro atoms. The van der Waals surface area contributed by atoms with E-state index in [-0.39, 0.29) is 18.0 Å². The number of aryl methyl sites for hydroxylation is 1. The van der Waals surface area contributed by atoms with Gasteiger partial charge in [-0.05, 0) is 45.2 Å². The summed E-state index contributed by atoms with van der Waals surface area (Å²) >= 11 is 0. The van der Waals surface area contributed by atoms with E-state index < -0.39 is 0 Å². The standard InChI is InChI=1S/C16H24N2O2/c1-11-7-8-15(20-3)14(9-11)16(19)18-12(2)5-4-6-13(18)10-17/h7-9,12-13H,4-6,10,17H2,1-3H3. The second-order valence-corrected chi connectivity index (χ2v) is 5.59. The summed E-state index contributed by atoms with van der Waals surface area (Å²) in [5, 5.41) is 0. The number of nitrogens with zero attached hydrogens (tertiary/aromatic N) is 1. The number of benzene rings is 1. The highest BCUT2D eigenvalue weighted by atomic mass is 16.5. The smallest absolute Gasteiger partial charge is 0.258 e. The van der Waals surface area contributed by atoms with Crippen molar-refractivity contribution in [2.75, 3.05) is 13.7 Å². The first kappa shape index (κ1) is 14.9. The van der Waals surface area contributed by atoms with Crippen LogP contribution in [0.15, 0.2) is 18.2 Å². The molecule has 1 aromatic rings. The van der Waals surface area contributed by atoms with Gasteiger partial charge in [0, 0.05) is 18.6 Å². The quantitative estimate of drug-likeness (QED) is 0.922. The topological polar surface area (TPSA) is 55.6 Å². The van der Waals surface area contributed by atoms with E-state index >= 15 is 0 Å². The molecule has 1 saturated heterocycles. The molecule has 1 aliphatic heterocycles. The van der Waals surface area contributed by atoms with Crippen molar-refractivity contribution in [1.82, 2.24) is 4.90 Å². The van der Waals surface area contributed by atoms with Gasteiger partial charge in [-0.2, -0.15) is 0 Å². The van der Waals surface area contributed by atoms with Crippen LogP contribution in [-0.2, 0) is 0 Å². The molecule has 1 amide bonds. The average Bonchev–Trinajstić information content (AvgIpc) is 2.46. The van der Waals surface area contributed by atoms with Crippen LogP contribution in [0, 0.1) is 6.92 Å². The first-order valence-corrected chi connectivity index (χ1v) is 7.25. The number of piperidine rings is 1. The number of hydrogen-bond acceptors (Lipinski definition) is 3. The van der Waals surface area contributed by atoms with Gasteiger partial charge in [0.2, 0.25) is 0 Å². The molecule has 2 N–H and O–H groups in total. The van der Waals surface area contributed by atoms with E-state index in [4.69, 9.17) is 10.5 Å².